The van der Waals surface area contributed by atoms with Crippen molar-refractivity contribution in [3.05, 3.63) is 66.0 Å². The van der Waals surface area contributed by atoms with Crippen molar-refractivity contribution in [1.29, 1.82) is 0 Å². The Kier molecular flexibility index (Phi) is 6.17. The molecule has 0 aliphatic carbocycles. The van der Waals surface area contributed by atoms with Gasteiger partial charge in [0, 0.05) is 30.4 Å². The minimum atomic E-state index is 0.829. The fourth-order valence-corrected chi connectivity index (χ4v) is 4.20. The summed E-state index contributed by atoms with van der Waals surface area (Å²) in [7, 11) is 0. The van der Waals surface area contributed by atoms with Crippen molar-refractivity contribution in [2.24, 2.45) is 5.92 Å². The standard InChI is InChI=1S/C24H30N4/c1-2-22-21-8-9-24(27-23(21)10-13-25-22)26-14-17-28-15-11-20(12-16-28)18-19-6-4-3-5-7-19/h3-10,13,20H,2,11-12,14-18H2,1H3,(H,26,27). The number of pyridine rings is 2. The van der Waals surface area contributed by atoms with Crippen LogP contribution in [0.3, 0.4) is 0 Å². The van der Waals surface area contributed by atoms with Crippen LogP contribution in [0.1, 0.15) is 31.0 Å². The van der Waals surface area contributed by atoms with E-state index in [4.69, 9.17) is 4.98 Å². The predicted molar refractivity (Wildman–Crippen MR) is 117 cm³/mol. The molecule has 1 aliphatic heterocycles. The first-order valence-electron chi connectivity index (χ1n) is 10.6. The second kappa shape index (κ2) is 9.16. The lowest BCUT2D eigenvalue weighted by atomic mass is 9.90. The van der Waals surface area contributed by atoms with Crippen molar-refractivity contribution in [3.63, 3.8) is 0 Å². The molecule has 0 atom stereocenters. The molecule has 1 fully saturated rings. The first-order chi connectivity index (χ1) is 13.8. The lowest BCUT2D eigenvalue weighted by Gasteiger charge is -2.32. The van der Waals surface area contributed by atoms with Crippen LogP contribution < -0.4 is 5.32 Å². The number of aromatic nitrogens is 2. The van der Waals surface area contributed by atoms with Crippen molar-refractivity contribution < 1.29 is 0 Å². The fraction of sp³-hybridized carbons (Fsp3) is 0.417. The monoisotopic (exact) mass is 374 g/mol. The maximum Gasteiger partial charge on any atom is 0.126 e. The Morgan fingerprint density at radius 2 is 1.86 bits per heavy atom. The first kappa shape index (κ1) is 18.9. The number of aryl methyl sites for hydroxylation is 1. The molecule has 0 bridgehead atoms. The summed E-state index contributed by atoms with van der Waals surface area (Å²) in [6, 6.07) is 17.1. The van der Waals surface area contributed by atoms with E-state index in [9.17, 15) is 0 Å². The molecule has 0 saturated carbocycles. The molecule has 0 spiro atoms. The molecule has 1 N–H and O–H groups in total. The number of rotatable bonds is 7. The summed E-state index contributed by atoms with van der Waals surface area (Å²) in [5.74, 6) is 1.79. The number of piperidine rings is 1. The van der Waals surface area contributed by atoms with Crippen LogP contribution in [0.25, 0.3) is 10.9 Å². The number of anilines is 1. The maximum absolute atomic E-state index is 4.76. The molecule has 4 heteroatoms. The summed E-state index contributed by atoms with van der Waals surface area (Å²) >= 11 is 0. The van der Waals surface area contributed by atoms with Crippen molar-refractivity contribution in [3.8, 4) is 0 Å². The third kappa shape index (κ3) is 4.68. The van der Waals surface area contributed by atoms with E-state index in [0.717, 1.165) is 47.8 Å². The van der Waals surface area contributed by atoms with Gasteiger partial charge < -0.3 is 10.2 Å². The molecule has 4 rings (SSSR count). The zero-order chi connectivity index (χ0) is 19.2. The van der Waals surface area contributed by atoms with E-state index in [-0.39, 0.29) is 0 Å². The maximum atomic E-state index is 4.76. The second-order valence-electron chi connectivity index (χ2n) is 7.78. The summed E-state index contributed by atoms with van der Waals surface area (Å²) in [6.45, 7) is 6.56. The average molecular weight is 375 g/mol. The Morgan fingerprint density at radius 1 is 1.04 bits per heavy atom. The summed E-state index contributed by atoms with van der Waals surface area (Å²) in [6.07, 6.45) is 6.62. The van der Waals surface area contributed by atoms with Crippen LogP contribution in [0, 0.1) is 5.92 Å². The zero-order valence-electron chi connectivity index (χ0n) is 16.8. The van der Waals surface area contributed by atoms with Crippen LogP contribution in [0.2, 0.25) is 0 Å². The van der Waals surface area contributed by atoms with Gasteiger partial charge in [0.2, 0.25) is 0 Å². The number of hydrogen-bond acceptors (Lipinski definition) is 4. The SMILES string of the molecule is CCc1nccc2nc(NCCN3CCC(Cc4ccccc4)CC3)ccc12. The molecular weight excluding hydrogens is 344 g/mol. The Labute approximate surface area is 168 Å². The number of nitrogens with one attached hydrogen (secondary N) is 1. The van der Waals surface area contributed by atoms with E-state index in [1.807, 2.05) is 12.3 Å². The number of benzene rings is 1. The van der Waals surface area contributed by atoms with Gasteiger partial charge in [-0.05, 0) is 68.5 Å². The minimum Gasteiger partial charge on any atom is -0.369 e. The Balaban J connectivity index is 1.23. The molecule has 4 nitrogen and oxygen atoms in total. The normalized spacial score (nSPS) is 15.8. The summed E-state index contributed by atoms with van der Waals surface area (Å²) in [5, 5.41) is 4.66. The van der Waals surface area contributed by atoms with Crippen LogP contribution in [0.5, 0.6) is 0 Å². The van der Waals surface area contributed by atoms with E-state index in [0.29, 0.717) is 0 Å². The topological polar surface area (TPSA) is 41.1 Å². The van der Waals surface area contributed by atoms with E-state index in [1.165, 1.54) is 37.9 Å². The molecule has 1 aliphatic rings. The fourth-order valence-electron chi connectivity index (χ4n) is 4.20. The number of nitrogens with zero attached hydrogens (tertiary/aromatic N) is 3. The number of likely N-dealkylation sites (tertiary alicyclic amines) is 1. The van der Waals surface area contributed by atoms with Gasteiger partial charge >= 0.3 is 0 Å². The third-order valence-electron chi connectivity index (χ3n) is 5.84. The van der Waals surface area contributed by atoms with Gasteiger partial charge in [-0.1, -0.05) is 37.3 Å². The highest BCUT2D eigenvalue weighted by Gasteiger charge is 2.19. The molecule has 0 unspecified atom stereocenters. The van der Waals surface area contributed by atoms with Crippen molar-refractivity contribution in [1.82, 2.24) is 14.9 Å². The van der Waals surface area contributed by atoms with Crippen LogP contribution in [-0.4, -0.2) is 41.0 Å². The van der Waals surface area contributed by atoms with E-state index in [2.05, 4.69) is 64.6 Å². The highest BCUT2D eigenvalue weighted by molar-refractivity contribution is 5.82. The lowest BCUT2D eigenvalue weighted by Crippen LogP contribution is -2.37. The van der Waals surface area contributed by atoms with Crippen molar-refractivity contribution in [2.45, 2.75) is 32.6 Å². The van der Waals surface area contributed by atoms with Gasteiger partial charge in [-0.25, -0.2) is 4.98 Å². The van der Waals surface area contributed by atoms with Crippen LogP contribution in [-0.2, 0) is 12.8 Å². The van der Waals surface area contributed by atoms with Gasteiger partial charge in [-0.2, -0.15) is 0 Å². The molecule has 0 radical (unpaired) electrons. The largest absolute Gasteiger partial charge is 0.369 e. The van der Waals surface area contributed by atoms with Gasteiger partial charge in [-0.3, -0.25) is 4.98 Å². The van der Waals surface area contributed by atoms with E-state index in [1.54, 1.807) is 0 Å². The van der Waals surface area contributed by atoms with Crippen LogP contribution in [0.4, 0.5) is 5.82 Å². The molecule has 146 valence electrons. The smallest absolute Gasteiger partial charge is 0.126 e. The molecule has 1 aromatic carbocycles. The Bertz CT molecular complexity index is 886. The quantitative estimate of drug-likeness (QED) is 0.658. The summed E-state index contributed by atoms with van der Waals surface area (Å²) in [5.41, 5.74) is 3.62. The minimum absolute atomic E-state index is 0.829. The number of fused-ring (bicyclic) bond motifs is 1. The van der Waals surface area contributed by atoms with Gasteiger partial charge in [0.15, 0.2) is 0 Å². The average Bonchev–Trinajstić information content (AvgIpc) is 2.75. The highest BCUT2D eigenvalue weighted by Crippen LogP contribution is 2.22. The zero-order valence-corrected chi connectivity index (χ0v) is 16.8. The van der Waals surface area contributed by atoms with Crippen LogP contribution in [0.15, 0.2) is 54.7 Å². The Hall–Kier alpha value is -2.46. The molecule has 2 aromatic heterocycles. The van der Waals surface area contributed by atoms with E-state index < -0.39 is 0 Å². The molecule has 3 aromatic rings. The van der Waals surface area contributed by atoms with Crippen LogP contribution >= 0.6 is 0 Å². The van der Waals surface area contributed by atoms with Gasteiger partial charge in [0.25, 0.3) is 0 Å². The van der Waals surface area contributed by atoms with Gasteiger partial charge in [0.05, 0.1) is 5.52 Å². The summed E-state index contributed by atoms with van der Waals surface area (Å²) < 4.78 is 0. The second-order valence-corrected chi connectivity index (χ2v) is 7.78. The first-order valence-corrected chi connectivity index (χ1v) is 10.6. The lowest BCUT2D eigenvalue weighted by molar-refractivity contribution is 0.190. The van der Waals surface area contributed by atoms with Gasteiger partial charge in [-0.15, -0.1) is 0 Å². The molecule has 28 heavy (non-hydrogen) atoms. The molecular formula is C24H30N4. The van der Waals surface area contributed by atoms with Crippen molar-refractivity contribution >= 4 is 16.7 Å². The molecule has 0 amide bonds. The highest BCUT2D eigenvalue weighted by atomic mass is 15.1. The third-order valence-corrected chi connectivity index (χ3v) is 5.84. The van der Waals surface area contributed by atoms with E-state index >= 15 is 0 Å². The van der Waals surface area contributed by atoms with Gasteiger partial charge in [0.1, 0.15) is 5.82 Å². The number of hydrogen-bond donors (Lipinski definition) is 1. The molecule has 3 heterocycles. The molecule has 1 saturated heterocycles. The van der Waals surface area contributed by atoms with Crippen molar-refractivity contribution in [2.75, 3.05) is 31.5 Å². The predicted octanol–water partition coefficient (Wildman–Crippen LogP) is 4.56. The Morgan fingerprint density at radius 3 is 2.64 bits per heavy atom. The summed E-state index contributed by atoms with van der Waals surface area (Å²) in [4.78, 5) is 11.8.